The van der Waals surface area contributed by atoms with Crippen LogP contribution in [-0.2, 0) is 9.53 Å². The summed E-state index contributed by atoms with van der Waals surface area (Å²) in [6.45, 7) is 3.43. The SMILES string of the molecule is Cc1ccccc1NC(=O)C(C)OC(=O)c1ccccc1-c1nc2ccccc2o1. The standard InChI is InChI=1S/C24H20N2O4/c1-15-9-3-6-12-19(15)25-22(27)16(2)29-24(28)18-11-5-4-10-17(18)23-26-20-13-7-8-14-21(20)30-23/h3-14,16H,1-2H3,(H,25,27). The molecule has 1 N–H and O–H groups in total. The summed E-state index contributed by atoms with van der Waals surface area (Å²) < 4.78 is 11.2. The molecule has 30 heavy (non-hydrogen) atoms. The summed E-state index contributed by atoms with van der Waals surface area (Å²) in [7, 11) is 0. The van der Waals surface area contributed by atoms with E-state index in [2.05, 4.69) is 10.3 Å². The number of oxazole rings is 1. The van der Waals surface area contributed by atoms with Gasteiger partial charge in [0, 0.05) is 5.69 Å². The van der Waals surface area contributed by atoms with Gasteiger partial charge in [-0.25, -0.2) is 9.78 Å². The Morgan fingerprint density at radius 3 is 2.47 bits per heavy atom. The van der Waals surface area contributed by atoms with Crippen molar-refractivity contribution >= 4 is 28.7 Å². The molecular weight excluding hydrogens is 380 g/mol. The van der Waals surface area contributed by atoms with Crippen molar-refractivity contribution in [1.82, 2.24) is 4.98 Å². The van der Waals surface area contributed by atoms with E-state index in [1.807, 2.05) is 49.4 Å². The monoisotopic (exact) mass is 400 g/mol. The molecule has 0 aliphatic heterocycles. The third-order valence-corrected chi connectivity index (χ3v) is 4.73. The maximum Gasteiger partial charge on any atom is 0.339 e. The second-order valence-corrected chi connectivity index (χ2v) is 6.88. The summed E-state index contributed by atoms with van der Waals surface area (Å²) >= 11 is 0. The first-order chi connectivity index (χ1) is 14.5. The Bertz CT molecular complexity index is 1200. The van der Waals surface area contributed by atoms with E-state index in [4.69, 9.17) is 9.15 Å². The molecule has 6 nitrogen and oxygen atoms in total. The third kappa shape index (κ3) is 3.93. The predicted octanol–water partition coefficient (Wildman–Crippen LogP) is 4.99. The van der Waals surface area contributed by atoms with Gasteiger partial charge in [-0.1, -0.05) is 42.5 Å². The van der Waals surface area contributed by atoms with Gasteiger partial charge in [-0.2, -0.15) is 0 Å². The van der Waals surface area contributed by atoms with Gasteiger partial charge in [0.1, 0.15) is 5.52 Å². The molecule has 0 spiro atoms. The summed E-state index contributed by atoms with van der Waals surface area (Å²) in [5.74, 6) is -0.710. The quantitative estimate of drug-likeness (QED) is 0.478. The molecule has 1 atom stereocenters. The number of ether oxygens (including phenoxy) is 1. The minimum atomic E-state index is -0.978. The smallest absolute Gasteiger partial charge is 0.339 e. The molecule has 6 heteroatoms. The van der Waals surface area contributed by atoms with Crippen molar-refractivity contribution in [2.75, 3.05) is 5.32 Å². The van der Waals surface area contributed by atoms with Crippen molar-refractivity contribution < 1.29 is 18.7 Å². The van der Waals surface area contributed by atoms with E-state index in [0.717, 1.165) is 5.56 Å². The highest BCUT2D eigenvalue weighted by Crippen LogP contribution is 2.27. The van der Waals surface area contributed by atoms with Crippen LogP contribution in [0, 0.1) is 6.92 Å². The van der Waals surface area contributed by atoms with Crippen LogP contribution < -0.4 is 5.32 Å². The van der Waals surface area contributed by atoms with Crippen LogP contribution in [-0.4, -0.2) is 23.0 Å². The zero-order chi connectivity index (χ0) is 21.1. The van der Waals surface area contributed by atoms with Gasteiger partial charge >= 0.3 is 5.97 Å². The molecule has 0 aliphatic carbocycles. The Balaban J connectivity index is 1.54. The number of rotatable bonds is 5. The van der Waals surface area contributed by atoms with Gasteiger partial charge in [-0.15, -0.1) is 0 Å². The number of aryl methyl sites for hydroxylation is 1. The van der Waals surface area contributed by atoms with Gasteiger partial charge in [0.2, 0.25) is 5.89 Å². The number of hydrogen-bond acceptors (Lipinski definition) is 5. The first kappa shape index (κ1) is 19.4. The molecule has 1 heterocycles. The average molecular weight is 400 g/mol. The lowest BCUT2D eigenvalue weighted by atomic mass is 10.1. The lowest BCUT2D eigenvalue weighted by Crippen LogP contribution is -2.30. The largest absolute Gasteiger partial charge is 0.449 e. The molecule has 150 valence electrons. The zero-order valence-electron chi connectivity index (χ0n) is 16.6. The number of carbonyl (C=O) groups excluding carboxylic acids is 2. The second-order valence-electron chi connectivity index (χ2n) is 6.88. The number of benzene rings is 3. The van der Waals surface area contributed by atoms with Gasteiger partial charge in [0.15, 0.2) is 11.7 Å². The number of para-hydroxylation sites is 3. The van der Waals surface area contributed by atoms with E-state index < -0.39 is 18.0 Å². The normalized spacial score (nSPS) is 11.8. The molecule has 1 amide bonds. The summed E-state index contributed by atoms with van der Waals surface area (Å²) in [5, 5.41) is 2.78. The first-order valence-corrected chi connectivity index (χ1v) is 9.55. The Morgan fingerprint density at radius 2 is 1.67 bits per heavy atom. The van der Waals surface area contributed by atoms with E-state index in [1.54, 1.807) is 30.3 Å². The minimum absolute atomic E-state index is 0.277. The molecule has 3 aromatic carbocycles. The number of hydrogen-bond donors (Lipinski definition) is 1. The van der Waals surface area contributed by atoms with Crippen LogP contribution in [0.1, 0.15) is 22.8 Å². The number of anilines is 1. The number of aromatic nitrogens is 1. The van der Waals surface area contributed by atoms with Gasteiger partial charge in [-0.05, 0) is 49.7 Å². The highest BCUT2D eigenvalue weighted by molar-refractivity contribution is 6.00. The summed E-state index contributed by atoms with van der Waals surface area (Å²) in [6.07, 6.45) is -0.978. The van der Waals surface area contributed by atoms with Gasteiger partial charge in [0.25, 0.3) is 5.91 Å². The molecule has 4 aromatic rings. The number of esters is 1. The fraction of sp³-hybridized carbons (Fsp3) is 0.125. The van der Waals surface area contributed by atoms with E-state index in [0.29, 0.717) is 28.2 Å². The van der Waals surface area contributed by atoms with Crippen LogP contribution in [0.25, 0.3) is 22.6 Å². The van der Waals surface area contributed by atoms with Crippen molar-refractivity contribution in [2.45, 2.75) is 20.0 Å². The Morgan fingerprint density at radius 1 is 0.967 bits per heavy atom. The molecule has 1 unspecified atom stereocenters. The first-order valence-electron chi connectivity index (χ1n) is 9.55. The molecule has 1 aromatic heterocycles. The number of fused-ring (bicyclic) bond motifs is 1. The van der Waals surface area contributed by atoms with Crippen molar-refractivity contribution in [2.24, 2.45) is 0 Å². The van der Waals surface area contributed by atoms with Crippen LogP contribution in [0.3, 0.4) is 0 Å². The summed E-state index contributed by atoms with van der Waals surface area (Å²) in [6, 6.07) is 21.6. The van der Waals surface area contributed by atoms with E-state index in [1.165, 1.54) is 6.92 Å². The molecular formula is C24H20N2O4. The predicted molar refractivity (Wildman–Crippen MR) is 114 cm³/mol. The molecule has 0 bridgehead atoms. The average Bonchev–Trinajstić information content (AvgIpc) is 3.19. The Kier molecular flexibility index (Phi) is 5.30. The Hall–Kier alpha value is -3.93. The lowest BCUT2D eigenvalue weighted by molar-refractivity contribution is -0.123. The van der Waals surface area contributed by atoms with Crippen LogP contribution in [0.5, 0.6) is 0 Å². The number of nitrogens with one attached hydrogen (secondary N) is 1. The number of nitrogens with zero attached hydrogens (tertiary/aromatic N) is 1. The fourth-order valence-electron chi connectivity index (χ4n) is 3.06. The maximum atomic E-state index is 12.8. The molecule has 4 rings (SSSR count). The van der Waals surface area contributed by atoms with E-state index in [9.17, 15) is 9.59 Å². The zero-order valence-corrected chi connectivity index (χ0v) is 16.6. The second kappa shape index (κ2) is 8.21. The highest BCUT2D eigenvalue weighted by atomic mass is 16.5. The van der Waals surface area contributed by atoms with E-state index >= 15 is 0 Å². The summed E-state index contributed by atoms with van der Waals surface area (Å²) in [5.41, 5.74) is 3.70. The number of carbonyl (C=O) groups is 2. The molecule has 0 saturated heterocycles. The van der Waals surface area contributed by atoms with Crippen LogP contribution in [0.4, 0.5) is 5.69 Å². The van der Waals surface area contributed by atoms with E-state index in [-0.39, 0.29) is 5.56 Å². The molecule has 0 saturated carbocycles. The number of amides is 1. The molecule has 0 fully saturated rings. The van der Waals surface area contributed by atoms with Crippen molar-refractivity contribution in [3.63, 3.8) is 0 Å². The molecule has 0 aliphatic rings. The molecule has 0 radical (unpaired) electrons. The minimum Gasteiger partial charge on any atom is -0.449 e. The Labute approximate surface area is 173 Å². The van der Waals surface area contributed by atoms with Gasteiger partial charge in [-0.3, -0.25) is 4.79 Å². The lowest BCUT2D eigenvalue weighted by Gasteiger charge is -2.15. The van der Waals surface area contributed by atoms with Crippen molar-refractivity contribution in [1.29, 1.82) is 0 Å². The van der Waals surface area contributed by atoms with Crippen molar-refractivity contribution in [3.8, 4) is 11.5 Å². The van der Waals surface area contributed by atoms with Gasteiger partial charge < -0.3 is 14.5 Å². The highest BCUT2D eigenvalue weighted by Gasteiger charge is 2.23. The third-order valence-electron chi connectivity index (χ3n) is 4.73. The van der Waals surface area contributed by atoms with Crippen LogP contribution in [0.15, 0.2) is 77.2 Å². The maximum absolute atomic E-state index is 12.8. The van der Waals surface area contributed by atoms with Crippen LogP contribution in [0.2, 0.25) is 0 Å². The fourth-order valence-corrected chi connectivity index (χ4v) is 3.06. The van der Waals surface area contributed by atoms with Crippen molar-refractivity contribution in [3.05, 3.63) is 83.9 Å². The topological polar surface area (TPSA) is 81.4 Å². The summed E-state index contributed by atoms with van der Waals surface area (Å²) in [4.78, 5) is 29.8. The van der Waals surface area contributed by atoms with Gasteiger partial charge in [0.05, 0.1) is 11.1 Å². The van der Waals surface area contributed by atoms with Crippen LogP contribution >= 0.6 is 0 Å².